The average molecular weight is 236 g/mol. The van der Waals surface area contributed by atoms with E-state index in [2.05, 4.69) is 5.32 Å². The fourth-order valence-electron chi connectivity index (χ4n) is 1.01. The zero-order chi connectivity index (χ0) is 11.7. The number of carbonyl (C=O) groups excluding carboxylic acids is 1. The van der Waals surface area contributed by atoms with Gasteiger partial charge in [0.15, 0.2) is 9.84 Å². The van der Waals surface area contributed by atoms with Crippen molar-refractivity contribution in [2.75, 3.05) is 24.6 Å². The molecule has 3 N–H and O–H groups in total. The maximum atomic E-state index is 11.4. The van der Waals surface area contributed by atoms with Crippen molar-refractivity contribution in [1.82, 2.24) is 5.32 Å². The van der Waals surface area contributed by atoms with E-state index in [1.54, 1.807) is 0 Å². The molecule has 0 unspecified atom stereocenters. The number of unbranched alkanes of at least 4 members (excludes halogenated alkanes) is 1. The lowest BCUT2D eigenvalue weighted by atomic mass is 10.4. The lowest BCUT2D eigenvalue weighted by molar-refractivity contribution is -0.120. The summed E-state index contributed by atoms with van der Waals surface area (Å²) >= 11 is 0. The first kappa shape index (κ1) is 14.4. The lowest BCUT2D eigenvalue weighted by Crippen LogP contribution is -2.30. The van der Waals surface area contributed by atoms with Gasteiger partial charge in [0.05, 0.1) is 11.5 Å². The lowest BCUT2D eigenvalue weighted by Gasteiger charge is -2.04. The van der Waals surface area contributed by atoms with Gasteiger partial charge in [0.2, 0.25) is 5.91 Å². The molecule has 0 rings (SSSR count). The van der Waals surface area contributed by atoms with E-state index in [0.717, 1.165) is 6.42 Å². The molecular formula is C9H20N2O3S. The van der Waals surface area contributed by atoms with E-state index in [4.69, 9.17) is 5.73 Å². The van der Waals surface area contributed by atoms with Gasteiger partial charge in [0, 0.05) is 19.5 Å². The maximum absolute atomic E-state index is 11.4. The molecular weight excluding hydrogens is 216 g/mol. The molecule has 15 heavy (non-hydrogen) atoms. The minimum Gasteiger partial charge on any atom is -0.355 e. The van der Waals surface area contributed by atoms with Crippen molar-refractivity contribution in [3.8, 4) is 0 Å². The third-order valence-electron chi connectivity index (χ3n) is 1.92. The van der Waals surface area contributed by atoms with Crippen molar-refractivity contribution in [2.45, 2.75) is 26.2 Å². The summed E-state index contributed by atoms with van der Waals surface area (Å²) in [6.07, 6.45) is 1.54. The van der Waals surface area contributed by atoms with Crippen LogP contribution in [0.4, 0.5) is 0 Å². The molecule has 0 heterocycles. The first-order valence-electron chi connectivity index (χ1n) is 5.19. The quantitative estimate of drug-likeness (QED) is 0.603. The Labute approximate surface area is 91.3 Å². The molecule has 0 aromatic carbocycles. The van der Waals surface area contributed by atoms with E-state index in [-0.39, 0.29) is 23.8 Å². The van der Waals surface area contributed by atoms with Gasteiger partial charge in [-0.3, -0.25) is 4.79 Å². The number of amides is 1. The van der Waals surface area contributed by atoms with Gasteiger partial charge in [-0.15, -0.1) is 0 Å². The molecule has 0 saturated heterocycles. The summed E-state index contributed by atoms with van der Waals surface area (Å²) in [5.74, 6) is -0.141. The van der Waals surface area contributed by atoms with E-state index in [1.165, 1.54) is 0 Å². The monoisotopic (exact) mass is 236 g/mol. The minimum absolute atomic E-state index is 0.0338. The second-order valence-electron chi connectivity index (χ2n) is 3.39. The van der Waals surface area contributed by atoms with Gasteiger partial charge in [0.25, 0.3) is 0 Å². The molecule has 90 valence electrons. The molecule has 5 nitrogen and oxygen atoms in total. The van der Waals surface area contributed by atoms with E-state index in [1.807, 2.05) is 6.92 Å². The highest BCUT2D eigenvalue weighted by atomic mass is 32.2. The second-order valence-corrected chi connectivity index (χ2v) is 5.70. The number of hydrogen-bond acceptors (Lipinski definition) is 4. The van der Waals surface area contributed by atoms with Crippen molar-refractivity contribution in [3.05, 3.63) is 0 Å². The van der Waals surface area contributed by atoms with Gasteiger partial charge < -0.3 is 11.1 Å². The normalized spacial score (nSPS) is 11.3. The fourth-order valence-corrected chi connectivity index (χ4v) is 2.44. The van der Waals surface area contributed by atoms with E-state index >= 15 is 0 Å². The predicted octanol–water partition coefficient (Wildman–Crippen LogP) is -0.334. The Bertz CT molecular complexity index is 275. The Morgan fingerprint density at radius 2 is 2.00 bits per heavy atom. The average Bonchev–Trinajstić information content (AvgIpc) is 2.21. The van der Waals surface area contributed by atoms with Gasteiger partial charge in [-0.1, -0.05) is 13.3 Å². The topological polar surface area (TPSA) is 89.3 Å². The molecule has 0 radical (unpaired) electrons. The van der Waals surface area contributed by atoms with Crippen LogP contribution in [0.25, 0.3) is 0 Å². The zero-order valence-corrected chi connectivity index (χ0v) is 9.98. The largest absolute Gasteiger partial charge is 0.355 e. The standard InChI is InChI=1S/C9H20N2O3S/c1-2-3-7-15(13,14)8-4-9(12)11-6-5-10/h2-8,10H2,1H3,(H,11,12). The molecule has 0 aromatic rings. The maximum Gasteiger partial charge on any atom is 0.221 e. The van der Waals surface area contributed by atoms with Crippen LogP contribution < -0.4 is 11.1 Å². The van der Waals surface area contributed by atoms with Crippen LogP contribution >= 0.6 is 0 Å². The minimum atomic E-state index is -3.06. The highest BCUT2D eigenvalue weighted by Gasteiger charge is 2.12. The Kier molecular flexibility index (Phi) is 7.33. The van der Waals surface area contributed by atoms with Gasteiger partial charge in [-0.25, -0.2) is 8.42 Å². The fraction of sp³-hybridized carbons (Fsp3) is 0.889. The Morgan fingerprint density at radius 1 is 1.33 bits per heavy atom. The summed E-state index contributed by atoms with van der Waals surface area (Å²) in [5, 5.41) is 2.53. The first-order chi connectivity index (χ1) is 7.02. The van der Waals surface area contributed by atoms with Crippen LogP contribution in [0.15, 0.2) is 0 Å². The third-order valence-corrected chi connectivity index (χ3v) is 3.65. The predicted molar refractivity (Wildman–Crippen MR) is 60.2 cm³/mol. The van der Waals surface area contributed by atoms with E-state index in [9.17, 15) is 13.2 Å². The molecule has 0 spiro atoms. The Hall–Kier alpha value is -0.620. The molecule has 1 amide bonds. The van der Waals surface area contributed by atoms with Crippen molar-refractivity contribution in [1.29, 1.82) is 0 Å². The Morgan fingerprint density at radius 3 is 2.53 bits per heavy atom. The second kappa shape index (κ2) is 7.64. The number of carbonyl (C=O) groups is 1. The zero-order valence-electron chi connectivity index (χ0n) is 9.16. The van der Waals surface area contributed by atoms with Crippen molar-refractivity contribution < 1.29 is 13.2 Å². The number of nitrogens with two attached hydrogens (primary N) is 1. The molecule has 0 bridgehead atoms. The van der Waals surface area contributed by atoms with Crippen molar-refractivity contribution >= 4 is 15.7 Å². The van der Waals surface area contributed by atoms with Gasteiger partial charge in [-0.05, 0) is 6.42 Å². The van der Waals surface area contributed by atoms with Crippen LogP contribution in [-0.2, 0) is 14.6 Å². The van der Waals surface area contributed by atoms with Crippen LogP contribution in [0.5, 0.6) is 0 Å². The van der Waals surface area contributed by atoms with Crippen LogP contribution in [-0.4, -0.2) is 38.9 Å². The molecule has 0 aliphatic heterocycles. The number of sulfone groups is 1. The Balaban J connectivity index is 3.78. The van der Waals surface area contributed by atoms with Crippen molar-refractivity contribution in [2.24, 2.45) is 5.73 Å². The summed E-state index contributed by atoms with van der Waals surface area (Å²) < 4.78 is 22.7. The number of nitrogens with one attached hydrogen (secondary N) is 1. The summed E-state index contributed by atoms with van der Waals surface area (Å²) in [4.78, 5) is 11.1. The van der Waals surface area contributed by atoms with Gasteiger partial charge in [-0.2, -0.15) is 0 Å². The first-order valence-corrected chi connectivity index (χ1v) is 7.01. The highest BCUT2D eigenvalue weighted by Crippen LogP contribution is 1.99. The van der Waals surface area contributed by atoms with Crippen LogP contribution in [0.1, 0.15) is 26.2 Å². The molecule has 0 aliphatic carbocycles. The SMILES string of the molecule is CCCCS(=O)(=O)CCC(=O)NCCN. The highest BCUT2D eigenvalue weighted by molar-refractivity contribution is 7.91. The van der Waals surface area contributed by atoms with Gasteiger partial charge >= 0.3 is 0 Å². The molecule has 0 aliphatic rings. The molecule has 6 heteroatoms. The smallest absolute Gasteiger partial charge is 0.221 e. The van der Waals surface area contributed by atoms with Crippen molar-refractivity contribution in [3.63, 3.8) is 0 Å². The summed E-state index contributed by atoms with van der Waals surface area (Å²) in [5.41, 5.74) is 5.19. The third kappa shape index (κ3) is 8.38. The summed E-state index contributed by atoms with van der Waals surface area (Å²) in [7, 11) is -3.06. The van der Waals surface area contributed by atoms with Crippen LogP contribution in [0, 0.1) is 0 Å². The molecule has 0 aromatic heterocycles. The van der Waals surface area contributed by atoms with Crippen LogP contribution in [0.2, 0.25) is 0 Å². The van der Waals surface area contributed by atoms with E-state index in [0.29, 0.717) is 19.5 Å². The van der Waals surface area contributed by atoms with Gasteiger partial charge in [0.1, 0.15) is 0 Å². The number of hydrogen-bond donors (Lipinski definition) is 2. The van der Waals surface area contributed by atoms with E-state index < -0.39 is 9.84 Å². The molecule has 0 saturated carbocycles. The molecule has 0 fully saturated rings. The van der Waals surface area contributed by atoms with Crippen LogP contribution in [0.3, 0.4) is 0 Å². The molecule has 0 atom stereocenters. The summed E-state index contributed by atoms with van der Waals surface area (Å²) in [6, 6.07) is 0. The summed E-state index contributed by atoms with van der Waals surface area (Å²) in [6.45, 7) is 2.70. The number of rotatable bonds is 8.